The maximum absolute atomic E-state index is 12.6. The molecule has 0 aromatic heterocycles. The molecule has 27 heavy (non-hydrogen) atoms. The highest BCUT2D eigenvalue weighted by Crippen LogP contribution is 2.24. The fourth-order valence-corrected chi connectivity index (χ4v) is 2.43. The first-order chi connectivity index (χ1) is 12.7. The standard InChI is InChI=1S/C20H22N2O5/c1-20(2,3)27-19(24)12-18(23)16-11-15(22(25)26)9-10-17(16)21-13-14-7-5-4-6-8-14/h4-11,21H,12-13H2,1-3H3. The van der Waals surface area contributed by atoms with Crippen LogP contribution in [0.1, 0.15) is 43.1 Å². The summed E-state index contributed by atoms with van der Waals surface area (Å²) in [6, 6.07) is 13.5. The zero-order valence-corrected chi connectivity index (χ0v) is 15.5. The lowest BCUT2D eigenvalue weighted by molar-refractivity contribution is -0.384. The zero-order valence-electron chi connectivity index (χ0n) is 15.5. The van der Waals surface area contributed by atoms with Gasteiger partial charge in [-0.3, -0.25) is 19.7 Å². The van der Waals surface area contributed by atoms with Crippen molar-refractivity contribution in [2.24, 2.45) is 0 Å². The van der Waals surface area contributed by atoms with E-state index in [1.165, 1.54) is 18.2 Å². The van der Waals surface area contributed by atoms with Gasteiger partial charge in [-0.15, -0.1) is 0 Å². The number of non-ortho nitro benzene ring substituents is 1. The number of esters is 1. The van der Waals surface area contributed by atoms with E-state index >= 15 is 0 Å². The first kappa shape index (κ1) is 20.1. The van der Waals surface area contributed by atoms with E-state index in [0.717, 1.165) is 5.56 Å². The van der Waals surface area contributed by atoms with Gasteiger partial charge in [0.05, 0.1) is 4.92 Å². The number of nitro groups is 1. The third kappa shape index (κ3) is 6.22. The fourth-order valence-electron chi connectivity index (χ4n) is 2.43. The van der Waals surface area contributed by atoms with Crippen molar-refractivity contribution in [1.82, 2.24) is 0 Å². The van der Waals surface area contributed by atoms with Crippen LogP contribution in [0.25, 0.3) is 0 Å². The summed E-state index contributed by atoms with van der Waals surface area (Å²) in [5, 5.41) is 14.2. The lowest BCUT2D eigenvalue weighted by Crippen LogP contribution is -2.25. The van der Waals surface area contributed by atoms with Crippen LogP contribution in [0.2, 0.25) is 0 Å². The summed E-state index contributed by atoms with van der Waals surface area (Å²) in [7, 11) is 0. The van der Waals surface area contributed by atoms with Crippen molar-refractivity contribution in [3.05, 3.63) is 69.8 Å². The lowest BCUT2D eigenvalue weighted by Gasteiger charge is -2.19. The Morgan fingerprint density at radius 2 is 1.78 bits per heavy atom. The third-order valence-electron chi connectivity index (χ3n) is 3.57. The van der Waals surface area contributed by atoms with E-state index in [0.29, 0.717) is 12.2 Å². The van der Waals surface area contributed by atoms with Gasteiger partial charge in [0.25, 0.3) is 5.69 Å². The van der Waals surface area contributed by atoms with E-state index in [1.54, 1.807) is 20.8 Å². The van der Waals surface area contributed by atoms with Crippen LogP contribution in [-0.4, -0.2) is 22.3 Å². The van der Waals surface area contributed by atoms with Crippen LogP contribution in [0.4, 0.5) is 11.4 Å². The van der Waals surface area contributed by atoms with Crippen molar-refractivity contribution in [2.45, 2.75) is 39.3 Å². The Kier molecular flexibility index (Phi) is 6.28. The number of benzene rings is 2. The van der Waals surface area contributed by atoms with Gasteiger partial charge in [0, 0.05) is 29.9 Å². The normalized spacial score (nSPS) is 10.9. The number of ether oxygens (including phenoxy) is 1. The SMILES string of the molecule is CC(C)(C)OC(=O)CC(=O)c1cc([N+](=O)[O-])ccc1NCc1ccccc1. The molecular weight excluding hydrogens is 348 g/mol. The number of anilines is 1. The van der Waals surface area contributed by atoms with E-state index in [4.69, 9.17) is 4.74 Å². The molecule has 2 aromatic carbocycles. The van der Waals surface area contributed by atoms with Gasteiger partial charge < -0.3 is 10.1 Å². The first-order valence-electron chi connectivity index (χ1n) is 8.47. The largest absolute Gasteiger partial charge is 0.460 e. The van der Waals surface area contributed by atoms with Gasteiger partial charge in [-0.25, -0.2) is 0 Å². The number of nitro benzene ring substituents is 1. The summed E-state index contributed by atoms with van der Waals surface area (Å²) in [6.07, 6.45) is -0.488. The van der Waals surface area contributed by atoms with Crippen LogP contribution >= 0.6 is 0 Å². The number of nitrogens with one attached hydrogen (secondary N) is 1. The number of hydrogen-bond donors (Lipinski definition) is 1. The maximum Gasteiger partial charge on any atom is 0.314 e. The number of Topliss-reactive ketones (excluding diaryl/α,β-unsaturated/α-hetero) is 1. The minimum atomic E-state index is -0.714. The zero-order chi connectivity index (χ0) is 20.0. The summed E-state index contributed by atoms with van der Waals surface area (Å²) in [4.78, 5) is 35.0. The van der Waals surface area contributed by atoms with E-state index < -0.39 is 28.7 Å². The monoisotopic (exact) mass is 370 g/mol. The van der Waals surface area contributed by atoms with Gasteiger partial charge in [0.1, 0.15) is 12.0 Å². The van der Waals surface area contributed by atoms with Crippen molar-refractivity contribution < 1.29 is 19.2 Å². The molecule has 0 saturated carbocycles. The molecule has 0 atom stereocenters. The molecule has 0 radical (unpaired) electrons. The Morgan fingerprint density at radius 3 is 2.37 bits per heavy atom. The van der Waals surface area contributed by atoms with Gasteiger partial charge in [-0.05, 0) is 32.4 Å². The van der Waals surface area contributed by atoms with Crippen molar-refractivity contribution in [2.75, 3.05) is 5.32 Å². The molecular formula is C20H22N2O5. The molecule has 142 valence electrons. The Balaban J connectivity index is 2.22. The molecule has 0 aliphatic rings. The number of nitrogens with zero attached hydrogens (tertiary/aromatic N) is 1. The molecule has 1 N–H and O–H groups in total. The molecule has 0 heterocycles. The molecule has 0 aliphatic heterocycles. The molecule has 0 aliphatic carbocycles. The average molecular weight is 370 g/mol. The Morgan fingerprint density at radius 1 is 1.11 bits per heavy atom. The first-order valence-corrected chi connectivity index (χ1v) is 8.47. The highest BCUT2D eigenvalue weighted by atomic mass is 16.6. The topological polar surface area (TPSA) is 98.5 Å². The van der Waals surface area contributed by atoms with Crippen LogP contribution in [-0.2, 0) is 16.1 Å². The minimum absolute atomic E-state index is 0.0889. The smallest absolute Gasteiger partial charge is 0.314 e. The van der Waals surface area contributed by atoms with Crippen molar-refractivity contribution >= 4 is 23.1 Å². The molecule has 7 nitrogen and oxygen atoms in total. The summed E-state index contributed by atoms with van der Waals surface area (Å²) >= 11 is 0. The van der Waals surface area contributed by atoms with Gasteiger partial charge in [-0.1, -0.05) is 30.3 Å². The quantitative estimate of drug-likeness (QED) is 0.259. The van der Waals surface area contributed by atoms with E-state index in [9.17, 15) is 19.7 Å². The number of carbonyl (C=O) groups excluding carboxylic acids is 2. The van der Waals surface area contributed by atoms with Crippen LogP contribution in [0.5, 0.6) is 0 Å². The number of ketones is 1. The molecule has 7 heteroatoms. The lowest BCUT2D eigenvalue weighted by atomic mass is 10.0. The fraction of sp³-hybridized carbons (Fsp3) is 0.300. The maximum atomic E-state index is 12.6. The highest BCUT2D eigenvalue weighted by Gasteiger charge is 2.23. The van der Waals surface area contributed by atoms with E-state index in [1.807, 2.05) is 30.3 Å². The number of carbonyl (C=O) groups is 2. The summed E-state index contributed by atoms with van der Waals surface area (Å²) < 4.78 is 5.16. The van der Waals surface area contributed by atoms with Crippen LogP contribution < -0.4 is 5.32 Å². The number of hydrogen-bond acceptors (Lipinski definition) is 6. The highest BCUT2D eigenvalue weighted by molar-refractivity contribution is 6.09. The Labute approximate surface area is 157 Å². The predicted octanol–water partition coefficient (Wildman–Crippen LogP) is 4.12. The molecule has 0 fully saturated rings. The molecule has 2 aromatic rings. The average Bonchev–Trinajstić information content (AvgIpc) is 2.58. The van der Waals surface area contributed by atoms with Crippen molar-refractivity contribution in [1.29, 1.82) is 0 Å². The molecule has 2 rings (SSSR count). The molecule has 0 unspecified atom stereocenters. The van der Waals surface area contributed by atoms with Crippen molar-refractivity contribution in [3.63, 3.8) is 0 Å². The Hall–Kier alpha value is -3.22. The van der Waals surface area contributed by atoms with Gasteiger partial charge >= 0.3 is 5.97 Å². The summed E-state index contributed by atoms with van der Waals surface area (Å²) in [6.45, 7) is 5.55. The van der Waals surface area contributed by atoms with E-state index in [2.05, 4.69) is 5.32 Å². The number of rotatable bonds is 7. The van der Waals surface area contributed by atoms with Gasteiger partial charge in [0.2, 0.25) is 0 Å². The Bertz CT molecular complexity index is 841. The molecule has 0 amide bonds. The summed E-state index contributed by atoms with van der Waals surface area (Å²) in [5.74, 6) is -1.21. The van der Waals surface area contributed by atoms with Gasteiger partial charge in [-0.2, -0.15) is 0 Å². The second kappa shape index (κ2) is 8.44. The van der Waals surface area contributed by atoms with E-state index in [-0.39, 0.29) is 11.3 Å². The van der Waals surface area contributed by atoms with Crippen molar-refractivity contribution in [3.8, 4) is 0 Å². The second-order valence-electron chi connectivity index (χ2n) is 7.01. The van der Waals surface area contributed by atoms with Crippen LogP contribution in [0, 0.1) is 10.1 Å². The van der Waals surface area contributed by atoms with Crippen LogP contribution in [0.15, 0.2) is 48.5 Å². The second-order valence-corrected chi connectivity index (χ2v) is 7.01. The summed E-state index contributed by atoms with van der Waals surface area (Å²) in [5.41, 5.74) is 0.576. The van der Waals surface area contributed by atoms with Gasteiger partial charge in [0.15, 0.2) is 5.78 Å². The third-order valence-corrected chi connectivity index (χ3v) is 3.57. The predicted molar refractivity (Wildman–Crippen MR) is 102 cm³/mol. The molecule has 0 saturated heterocycles. The minimum Gasteiger partial charge on any atom is -0.460 e. The van der Waals surface area contributed by atoms with Crippen LogP contribution in [0.3, 0.4) is 0 Å². The molecule has 0 bridgehead atoms. The molecule has 0 spiro atoms.